The van der Waals surface area contributed by atoms with E-state index in [1.807, 2.05) is 24.0 Å². The molecule has 0 aliphatic rings. The van der Waals surface area contributed by atoms with E-state index < -0.39 is 0 Å². The Morgan fingerprint density at radius 2 is 1.94 bits per heavy atom. The normalized spacial score (nSPS) is 11.8. The zero-order valence-electron chi connectivity index (χ0n) is 10.9. The van der Waals surface area contributed by atoms with Crippen molar-refractivity contribution in [1.82, 2.24) is 14.9 Å². The molecule has 0 saturated heterocycles. The molecule has 4 heteroatoms. The molecule has 0 bridgehead atoms. The van der Waals surface area contributed by atoms with E-state index in [-0.39, 0.29) is 5.54 Å². The minimum Gasteiger partial charge on any atom is -0.337 e. The molecule has 0 saturated carbocycles. The summed E-state index contributed by atoms with van der Waals surface area (Å²) in [7, 11) is 2.01. The first-order valence-electron chi connectivity index (χ1n) is 5.96. The highest BCUT2D eigenvalue weighted by molar-refractivity contribution is 9.10. The second kappa shape index (κ2) is 5.24. The lowest BCUT2D eigenvalue weighted by molar-refractivity contribution is 0.392. The smallest absolute Gasteiger partial charge is 0.122 e. The van der Waals surface area contributed by atoms with Gasteiger partial charge in [-0.3, -0.25) is 0 Å². The molecule has 0 atom stereocenters. The number of benzene rings is 1. The average molecular weight is 308 g/mol. The highest BCUT2D eigenvalue weighted by Gasteiger charge is 2.19. The van der Waals surface area contributed by atoms with Gasteiger partial charge in [0, 0.05) is 29.5 Å². The van der Waals surface area contributed by atoms with Gasteiger partial charge < -0.3 is 9.88 Å². The number of rotatable bonds is 4. The molecule has 3 nitrogen and oxygen atoms in total. The van der Waals surface area contributed by atoms with Gasteiger partial charge in [-0.05, 0) is 31.5 Å². The van der Waals surface area contributed by atoms with Crippen LogP contribution in [0.3, 0.4) is 0 Å². The Morgan fingerprint density at radius 3 is 2.50 bits per heavy atom. The van der Waals surface area contributed by atoms with Crippen LogP contribution in [-0.2, 0) is 19.1 Å². The SMILES string of the molecule is Cn1ccnc1CNC(C)(C)c1ccc(Br)cc1. The molecule has 18 heavy (non-hydrogen) atoms. The Bertz CT molecular complexity index is 514. The summed E-state index contributed by atoms with van der Waals surface area (Å²) >= 11 is 3.46. The lowest BCUT2D eigenvalue weighted by atomic mass is 9.94. The van der Waals surface area contributed by atoms with Gasteiger partial charge in [0.2, 0.25) is 0 Å². The van der Waals surface area contributed by atoms with Crippen LogP contribution in [0.2, 0.25) is 0 Å². The third-order valence-electron chi connectivity index (χ3n) is 3.18. The lowest BCUT2D eigenvalue weighted by Crippen LogP contribution is -2.36. The molecule has 0 aliphatic carbocycles. The van der Waals surface area contributed by atoms with Crippen LogP contribution in [0.4, 0.5) is 0 Å². The van der Waals surface area contributed by atoms with Gasteiger partial charge in [-0.2, -0.15) is 0 Å². The first kappa shape index (κ1) is 13.3. The van der Waals surface area contributed by atoms with Gasteiger partial charge in [-0.1, -0.05) is 28.1 Å². The van der Waals surface area contributed by atoms with Crippen molar-refractivity contribution in [2.75, 3.05) is 0 Å². The van der Waals surface area contributed by atoms with Crippen LogP contribution < -0.4 is 5.32 Å². The Labute approximate surface area is 116 Å². The van der Waals surface area contributed by atoms with Crippen molar-refractivity contribution in [3.63, 3.8) is 0 Å². The number of halogens is 1. The van der Waals surface area contributed by atoms with E-state index >= 15 is 0 Å². The van der Waals surface area contributed by atoms with Crippen molar-refractivity contribution >= 4 is 15.9 Å². The number of nitrogens with one attached hydrogen (secondary N) is 1. The summed E-state index contributed by atoms with van der Waals surface area (Å²) in [5.74, 6) is 1.04. The van der Waals surface area contributed by atoms with Crippen molar-refractivity contribution < 1.29 is 0 Å². The Morgan fingerprint density at radius 1 is 1.28 bits per heavy atom. The van der Waals surface area contributed by atoms with Crippen LogP contribution in [0.15, 0.2) is 41.1 Å². The Hall–Kier alpha value is -1.13. The molecule has 1 heterocycles. The molecule has 0 radical (unpaired) electrons. The Balaban J connectivity index is 2.07. The fourth-order valence-electron chi connectivity index (χ4n) is 1.84. The molecule has 0 unspecified atom stereocenters. The zero-order chi connectivity index (χ0) is 13.2. The van der Waals surface area contributed by atoms with Gasteiger partial charge in [-0.25, -0.2) is 4.98 Å². The third kappa shape index (κ3) is 3.00. The molecule has 1 aromatic carbocycles. The van der Waals surface area contributed by atoms with E-state index in [1.54, 1.807) is 0 Å². The first-order chi connectivity index (χ1) is 8.49. The summed E-state index contributed by atoms with van der Waals surface area (Å²) in [5, 5.41) is 3.54. The van der Waals surface area contributed by atoms with Crippen molar-refractivity contribution in [1.29, 1.82) is 0 Å². The molecule has 0 spiro atoms. The van der Waals surface area contributed by atoms with Crippen molar-refractivity contribution in [2.45, 2.75) is 25.9 Å². The summed E-state index contributed by atoms with van der Waals surface area (Å²) < 4.78 is 3.14. The Kier molecular flexibility index (Phi) is 3.88. The predicted molar refractivity (Wildman–Crippen MR) is 77.2 cm³/mol. The molecule has 1 N–H and O–H groups in total. The van der Waals surface area contributed by atoms with Gasteiger partial charge in [0.1, 0.15) is 5.82 Å². The quantitative estimate of drug-likeness (QED) is 0.940. The van der Waals surface area contributed by atoms with Crippen molar-refractivity contribution in [3.05, 3.63) is 52.5 Å². The largest absolute Gasteiger partial charge is 0.337 e. The lowest BCUT2D eigenvalue weighted by Gasteiger charge is -2.27. The van der Waals surface area contributed by atoms with Crippen molar-refractivity contribution in [3.8, 4) is 0 Å². The number of nitrogens with zero attached hydrogens (tertiary/aromatic N) is 2. The van der Waals surface area contributed by atoms with Gasteiger partial charge in [-0.15, -0.1) is 0 Å². The number of hydrogen-bond acceptors (Lipinski definition) is 2. The summed E-state index contributed by atoms with van der Waals surface area (Å²) in [6.07, 6.45) is 3.79. The molecule has 96 valence electrons. The second-order valence-corrected chi connectivity index (χ2v) is 5.86. The second-order valence-electron chi connectivity index (χ2n) is 4.94. The average Bonchev–Trinajstić information content (AvgIpc) is 2.73. The molecular formula is C14H18BrN3. The highest BCUT2D eigenvalue weighted by atomic mass is 79.9. The summed E-state index contributed by atoms with van der Waals surface area (Å²) in [6.45, 7) is 5.12. The fraction of sp³-hybridized carbons (Fsp3) is 0.357. The third-order valence-corrected chi connectivity index (χ3v) is 3.70. The minimum atomic E-state index is -0.0767. The molecule has 2 rings (SSSR count). The van der Waals surface area contributed by atoms with Crippen molar-refractivity contribution in [2.24, 2.45) is 7.05 Å². The van der Waals surface area contributed by atoms with E-state index in [0.29, 0.717) is 0 Å². The number of aromatic nitrogens is 2. The molecular weight excluding hydrogens is 290 g/mol. The van der Waals surface area contributed by atoms with Crippen LogP contribution in [-0.4, -0.2) is 9.55 Å². The van der Waals surface area contributed by atoms with Crippen LogP contribution in [0.25, 0.3) is 0 Å². The van der Waals surface area contributed by atoms with E-state index in [0.717, 1.165) is 16.8 Å². The monoisotopic (exact) mass is 307 g/mol. The number of imidazole rings is 1. The van der Waals surface area contributed by atoms with E-state index in [9.17, 15) is 0 Å². The maximum atomic E-state index is 4.32. The molecule has 1 aromatic heterocycles. The van der Waals surface area contributed by atoms with E-state index in [4.69, 9.17) is 0 Å². The van der Waals surface area contributed by atoms with Gasteiger partial charge in [0.15, 0.2) is 0 Å². The maximum Gasteiger partial charge on any atom is 0.122 e. The topological polar surface area (TPSA) is 29.9 Å². The predicted octanol–water partition coefficient (Wildman–Crippen LogP) is 3.21. The summed E-state index contributed by atoms with van der Waals surface area (Å²) in [4.78, 5) is 4.32. The maximum absolute atomic E-state index is 4.32. The highest BCUT2D eigenvalue weighted by Crippen LogP contribution is 2.22. The molecule has 0 aliphatic heterocycles. The fourth-order valence-corrected chi connectivity index (χ4v) is 2.10. The number of hydrogen-bond donors (Lipinski definition) is 1. The zero-order valence-corrected chi connectivity index (χ0v) is 12.5. The molecule has 0 fully saturated rings. The minimum absolute atomic E-state index is 0.0767. The van der Waals surface area contributed by atoms with Crippen LogP contribution in [0, 0.1) is 0 Å². The standard InChI is InChI=1S/C14H18BrN3/c1-14(2,11-4-6-12(15)7-5-11)17-10-13-16-8-9-18(13)3/h4-9,17H,10H2,1-3H3. The first-order valence-corrected chi connectivity index (χ1v) is 6.75. The van der Waals surface area contributed by atoms with Gasteiger partial charge >= 0.3 is 0 Å². The molecule has 0 amide bonds. The van der Waals surface area contributed by atoms with E-state index in [1.165, 1.54) is 5.56 Å². The van der Waals surface area contributed by atoms with Crippen LogP contribution in [0.1, 0.15) is 25.2 Å². The summed E-state index contributed by atoms with van der Waals surface area (Å²) in [6, 6.07) is 8.41. The number of aryl methyl sites for hydroxylation is 1. The summed E-state index contributed by atoms with van der Waals surface area (Å²) in [5.41, 5.74) is 1.19. The van der Waals surface area contributed by atoms with Crippen LogP contribution in [0.5, 0.6) is 0 Å². The van der Waals surface area contributed by atoms with Gasteiger partial charge in [0.25, 0.3) is 0 Å². The van der Waals surface area contributed by atoms with E-state index in [2.05, 4.69) is 64.3 Å². The van der Waals surface area contributed by atoms with Gasteiger partial charge in [0.05, 0.1) is 6.54 Å². The molecule has 2 aromatic rings. The van der Waals surface area contributed by atoms with Crippen LogP contribution >= 0.6 is 15.9 Å².